The molecule has 2 aromatic heterocycles. The van der Waals surface area contributed by atoms with Gasteiger partial charge in [-0.1, -0.05) is 46.3 Å². The number of hydrogen-bond donors (Lipinski definition) is 0. The molecule has 0 bridgehead atoms. The molecule has 4 aromatic rings. The minimum Gasteiger partial charge on any atom is -0.494 e. The summed E-state index contributed by atoms with van der Waals surface area (Å²) in [5.74, 6) is 1.56. The number of aromatic nitrogens is 5. The van der Waals surface area contributed by atoms with Crippen LogP contribution in [0.5, 0.6) is 5.75 Å². The highest BCUT2D eigenvalue weighted by atomic mass is 16.5. The van der Waals surface area contributed by atoms with E-state index in [9.17, 15) is 0 Å². The minimum absolute atomic E-state index is 0.0674. The van der Waals surface area contributed by atoms with Crippen LogP contribution in [0.1, 0.15) is 35.4 Å². The summed E-state index contributed by atoms with van der Waals surface area (Å²) in [6, 6.07) is 14.0. The lowest BCUT2D eigenvalue weighted by atomic mass is 10.0. The van der Waals surface area contributed by atoms with Crippen LogP contribution in [-0.2, 0) is 17.9 Å². The average Bonchev–Trinajstić information content (AvgIpc) is 3.41. The van der Waals surface area contributed by atoms with Gasteiger partial charge in [0.15, 0.2) is 5.69 Å². The van der Waals surface area contributed by atoms with Crippen LogP contribution in [-0.4, -0.2) is 31.7 Å². The maximum Gasteiger partial charge on any atom is 0.280 e. The first-order valence-electron chi connectivity index (χ1n) is 10.3. The fourth-order valence-corrected chi connectivity index (χ4v) is 3.88. The zero-order valence-corrected chi connectivity index (χ0v) is 17.7. The smallest absolute Gasteiger partial charge is 0.280 e. The Kier molecular flexibility index (Phi) is 4.99. The first-order chi connectivity index (χ1) is 15.1. The molecule has 1 aliphatic rings. The van der Waals surface area contributed by atoms with Gasteiger partial charge in [-0.15, -0.1) is 5.10 Å². The van der Waals surface area contributed by atoms with Crippen molar-refractivity contribution in [3.63, 3.8) is 0 Å². The number of aryl methyl sites for hydroxylation is 2. The van der Waals surface area contributed by atoms with E-state index in [4.69, 9.17) is 14.0 Å². The maximum absolute atomic E-state index is 6.16. The average molecular weight is 417 g/mol. The van der Waals surface area contributed by atoms with Gasteiger partial charge >= 0.3 is 0 Å². The highest BCUT2D eigenvalue weighted by Gasteiger charge is 2.28. The molecule has 1 atom stereocenters. The summed E-state index contributed by atoms with van der Waals surface area (Å²) in [5.41, 5.74) is 5.82. The first kappa shape index (κ1) is 19.4. The third-order valence-electron chi connectivity index (χ3n) is 5.40. The molecule has 2 aromatic carbocycles. The molecule has 3 heterocycles. The molecule has 0 aliphatic carbocycles. The Morgan fingerprint density at radius 3 is 2.90 bits per heavy atom. The van der Waals surface area contributed by atoms with Gasteiger partial charge in [0.2, 0.25) is 5.82 Å². The number of hydrogen-bond acceptors (Lipinski definition) is 7. The van der Waals surface area contributed by atoms with Crippen molar-refractivity contribution in [1.29, 1.82) is 0 Å². The lowest BCUT2D eigenvalue weighted by molar-refractivity contribution is -0.00153. The summed E-state index contributed by atoms with van der Waals surface area (Å²) in [7, 11) is 0. The van der Waals surface area contributed by atoms with Gasteiger partial charge in [-0.25, -0.2) is 4.68 Å². The van der Waals surface area contributed by atoms with Crippen LogP contribution >= 0.6 is 0 Å². The molecule has 1 unspecified atom stereocenters. The summed E-state index contributed by atoms with van der Waals surface area (Å²) in [6.45, 7) is 7.69. The summed E-state index contributed by atoms with van der Waals surface area (Å²) in [6.07, 6.45) is -0.0674. The molecule has 5 rings (SSSR count). The fourth-order valence-electron chi connectivity index (χ4n) is 3.88. The summed E-state index contributed by atoms with van der Waals surface area (Å²) >= 11 is 0. The lowest BCUT2D eigenvalue weighted by Crippen LogP contribution is -2.22. The van der Waals surface area contributed by atoms with Gasteiger partial charge in [-0.2, -0.15) is 4.98 Å². The third kappa shape index (κ3) is 3.70. The third-order valence-corrected chi connectivity index (χ3v) is 5.40. The van der Waals surface area contributed by atoms with Gasteiger partial charge in [-0.05, 0) is 44.0 Å². The second kappa shape index (κ2) is 7.96. The molecule has 0 amide bonds. The van der Waals surface area contributed by atoms with Gasteiger partial charge < -0.3 is 14.0 Å². The SMILES string of the molecule is CCOc1cccc(-c2noc(-c3nnn4c3COC(c3ccc(C)cc3C)C4)n2)c1. The van der Waals surface area contributed by atoms with Crippen molar-refractivity contribution < 1.29 is 14.0 Å². The van der Waals surface area contributed by atoms with E-state index in [1.807, 2.05) is 35.9 Å². The van der Waals surface area contributed by atoms with Crippen molar-refractivity contribution in [3.05, 3.63) is 64.8 Å². The Labute approximate surface area is 179 Å². The molecule has 0 spiro atoms. The zero-order chi connectivity index (χ0) is 21.4. The van der Waals surface area contributed by atoms with Crippen LogP contribution in [0.25, 0.3) is 23.0 Å². The highest BCUT2D eigenvalue weighted by Crippen LogP contribution is 2.32. The molecule has 0 radical (unpaired) electrons. The van der Waals surface area contributed by atoms with Crippen molar-refractivity contribution in [1.82, 2.24) is 25.1 Å². The normalized spacial score (nSPS) is 15.6. The van der Waals surface area contributed by atoms with E-state index in [0.29, 0.717) is 37.2 Å². The Morgan fingerprint density at radius 1 is 1.16 bits per heavy atom. The van der Waals surface area contributed by atoms with Gasteiger partial charge in [0.05, 0.1) is 25.5 Å². The monoisotopic (exact) mass is 417 g/mol. The van der Waals surface area contributed by atoms with Crippen LogP contribution in [0.4, 0.5) is 0 Å². The van der Waals surface area contributed by atoms with Crippen molar-refractivity contribution in [2.24, 2.45) is 0 Å². The molecule has 0 N–H and O–H groups in total. The van der Waals surface area contributed by atoms with Gasteiger partial charge in [-0.3, -0.25) is 0 Å². The number of fused-ring (bicyclic) bond motifs is 1. The Morgan fingerprint density at radius 2 is 2.06 bits per heavy atom. The molecule has 158 valence electrons. The molecule has 31 heavy (non-hydrogen) atoms. The van der Waals surface area contributed by atoms with Crippen molar-refractivity contribution in [3.8, 4) is 28.7 Å². The molecular weight excluding hydrogens is 394 g/mol. The summed E-state index contributed by atoms with van der Waals surface area (Å²) in [4.78, 5) is 4.53. The molecule has 1 aliphatic heterocycles. The van der Waals surface area contributed by atoms with Crippen LogP contribution < -0.4 is 4.74 Å². The van der Waals surface area contributed by atoms with Crippen LogP contribution in [0.3, 0.4) is 0 Å². The molecule has 8 nitrogen and oxygen atoms in total. The molecule has 0 saturated heterocycles. The molecule has 8 heteroatoms. The zero-order valence-electron chi connectivity index (χ0n) is 17.7. The number of nitrogens with zero attached hydrogens (tertiary/aromatic N) is 5. The topological polar surface area (TPSA) is 88.1 Å². The van der Waals surface area contributed by atoms with Gasteiger partial charge in [0, 0.05) is 5.56 Å². The number of ether oxygens (including phenoxy) is 2. The lowest BCUT2D eigenvalue weighted by Gasteiger charge is -2.25. The molecular formula is C23H23N5O3. The van der Waals surface area contributed by atoms with Crippen molar-refractivity contribution in [2.45, 2.75) is 40.0 Å². The van der Waals surface area contributed by atoms with Crippen molar-refractivity contribution in [2.75, 3.05) is 6.61 Å². The Balaban J connectivity index is 1.40. The standard InChI is InChI=1S/C23H23N5O3/c1-4-29-17-7-5-6-16(11-17)22-24-23(31-26-22)21-19-13-30-20(12-28(19)27-25-21)18-9-8-14(2)10-15(18)3/h5-11,20H,4,12-13H2,1-3H3. The largest absolute Gasteiger partial charge is 0.494 e. The second-order valence-corrected chi connectivity index (χ2v) is 7.61. The minimum atomic E-state index is -0.0674. The van der Waals surface area contributed by atoms with E-state index < -0.39 is 0 Å². The number of rotatable bonds is 5. The first-order valence-corrected chi connectivity index (χ1v) is 10.3. The Bertz CT molecular complexity index is 1230. The fraction of sp³-hybridized carbons (Fsp3) is 0.304. The second-order valence-electron chi connectivity index (χ2n) is 7.61. The Hall–Kier alpha value is -3.52. The van der Waals surface area contributed by atoms with Gasteiger partial charge in [0.1, 0.15) is 11.9 Å². The van der Waals surface area contributed by atoms with Crippen LogP contribution in [0.15, 0.2) is 47.0 Å². The van der Waals surface area contributed by atoms with Gasteiger partial charge in [0.25, 0.3) is 5.89 Å². The maximum atomic E-state index is 6.16. The van der Waals surface area contributed by atoms with E-state index in [-0.39, 0.29) is 6.10 Å². The van der Waals surface area contributed by atoms with Crippen molar-refractivity contribution >= 4 is 0 Å². The quantitative estimate of drug-likeness (QED) is 0.479. The van der Waals surface area contributed by atoms with Crippen LogP contribution in [0.2, 0.25) is 0 Å². The molecule has 0 fully saturated rings. The summed E-state index contributed by atoms with van der Waals surface area (Å²) < 4.78 is 19.1. The summed E-state index contributed by atoms with van der Waals surface area (Å²) in [5, 5.41) is 12.7. The van der Waals surface area contributed by atoms with Crippen LogP contribution in [0, 0.1) is 13.8 Å². The van der Waals surface area contributed by atoms with E-state index >= 15 is 0 Å². The number of benzene rings is 2. The molecule has 0 saturated carbocycles. The van der Waals surface area contributed by atoms with E-state index in [2.05, 4.69) is 52.5 Å². The van der Waals surface area contributed by atoms with E-state index in [0.717, 1.165) is 17.0 Å². The predicted octanol–water partition coefficient (Wildman–Crippen LogP) is 4.28. The highest BCUT2D eigenvalue weighted by molar-refractivity contribution is 5.60. The van der Waals surface area contributed by atoms with E-state index in [1.165, 1.54) is 16.7 Å². The predicted molar refractivity (Wildman–Crippen MR) is 113 cm³/mol. The van der Waals surface area contributed by atoms with E-state index in [1.54, 1.807) is 0 Å².